The van der Waals surface area contributed by atoms with Crippen molar-refractivity contribution in [2.45, 2.75) is 19.8 Å². The van der Waals surface area contributed by atoms with Gasteiger partial charge < -0.3 is 4.74 Å². The molecule has 4 aromatic rings. The Balaban J connectivity index is 1.84. The van der Waals surface area contributed by atoms with Crippen molar-refractivity contribution in [3.05, 3.63) is 95.1 Å². The van der Waals surface area contributed by atoms with Gasteiger partial charge in [-0.05, 0) is 58.0 Å². The predicted octanol–water partition coefficient (Wildman–Crippen LogP) is 6.41. The second-order valence-corrected chi connectivity index (χ2v) is 7.85. The lowest BCUT2D eigenvalue weighted by Crippen LogP contribution is -2.23. The lowest BCUT2D eigenvalue weighted by Gasteiger charge is -2.31. The van der Waals surface area contributed by atoms with Crippen LogP contribution in [0.1, 0.15) is 28.2 Å². The van der Waals surface area contributed by atoms with Gasteiger partial charge in [-0.3, -0.25) is 4.79 Å². The minimum absolute atomic E-state index is 0.189. The molecule has 0 aromatic heterocycles. The van der Waals surface area contributed by atoms with Gasteiger partial charge in [-0.1, -0.05) is 83.9 Å². The van der Waals surface area contributed by atoms with E-state index in [0.29, 0.717) is 0 Å². The van der Waals surface area contributed by atoms with E-state index < -0.39 is 0 Å². The summed E-state index contributed by atoms with van der Waals surface area (Å²) in [6, 6.07) is 25.7. The number of ether oxygens (including phenoxy) is 1. The standard InChI is InChI=1S/C27H22O2/c1-16-6-4-8-18(14-16)20-10-12-22-25-23(26(22)27(28)29-3)13-11-21(24(20)25)19-9-5-7-17(2)15-19/h4-15,26H,1-3H3. The van der Waals surface area contributed by atoms with Gasteiger partial charge in [0.15, 0.2) is 0 Å². The van der Waals surface area contributed by atoms with Crippen molar-refractivity contribution >= 4 is 16.7 Å². The number of rotatable bonds is 3. The van der Waals surface area contributed by atoms with Gasteiger partial charge in [0.25, 0.3) is 0 Å². The van der Waals surface area contributed by atoms with Crippen LogP contribution in [0.25, 0.3) is 33.0 Å². The summed E-state index contributed by atoms with van der Waals surface area (Å²) in [4.78, 5) is 12.4. The van der Waals surface area contributed by atoms with E-state index in [1.165, 1.54) is 51.3 Å². The van der Waals surface area contributed by atoms with Gasteiger partial charge in [-0.2, -0.15) is 0 Å². The third kappa shape index (κ3) is 2.67. The Morgan fingerprint density at radius 3 is 1.69 bits per heavy atom. The number of carbonyl (C=O) groups excluding carboxylic acids is 1. The van der Waals surface area contributed by atoms with Gasteiger partial charge in [0, 0.05) is 0 Å². The maximum atomic E-state index is 12.4. The molecule has 0 aliphatic heterocycles. The highest BCUT2D eigenvalue weighted by atomic mass is 16.5. The van der Waals surface area contributed by atoms with Gasteiger partial charge >= 0.3 is 5.97 Å². The van der Waals surface area contributed by atoms with Gasteiger partial charge in [-0.25, -0.2) is 0 Å². The molecule has 2 heteroatoms. The van der Waals surface area contributed by atoms with Crippen LogP contribution in [-0.2, 0) is 9.53 Å². The summed E-state index contributed by atoms with van der Waals surface area (Å²) in [5, 5.41) is 2.41. The minimum Gasteiger partial charge on any atom is -0.468 e. The van der Waals surface area contributed by atoms with E-state index in [2.05, 4.69) is 86.6 Å². The molecule has 29 heavy (non-hydrogen) atoms. The third-order valence-electron chi connectivity index (χ3n) is 5.94. The molecule has 0 heterocycles. The average molecular weight is 378 g/mol. The average Bonchev–Trinajstić information content (AvgIpc) is 2.72. The summed E-state index contributed by atoms with van der Waals surface area (Å²) in [6.07, 6.45) is 0. The largest absolute Gasteiger partial charge is 0.468 e. The molecule has 5 rings (SSSR count). The van der Waals surface area contributed by atoms with Crippen LogP contribution in [0.2, 0.25) is 0 Å². The van der Waals surface area contributed by atoms with E-state index in [9.17, 15) is 4.79 Å². The molecule has 142 valence electrons. The molecule has 0 amide bonds. The number of esters is 1. The van der Waals surface area contributed by atoms with Crippen LogP contribution in [0.5, 0.6) is 0 Å². The van der Waals surface area contributed by atoms with Gasteiger partial charge in [0.1, 0.15) is 5.92 Å². The Hall–Kier alpha value is -3.39. The van der Waals surface area contributed by atoms with Crippen LogP contribution >= 0.6 is 0 Å². The highest BCUT2D eigenvalue weighted by molar-refractivity contribution is 6.15. The Morgan fingerprint density at radius 2 is 1.24 bits per heavy atom. The number of hydrogen-bond donors (Lipinski definition) is 0. The molecular formula is C27H22O2. The normalized spacial score (nSPS) is 12.7. The summed E-state index contributed by atoms with van der Waals surface area (Å²) in [5.74, 6) is -0.471. The molecule has 0 N–H and O–H groups in total. The zero-order chi connectivity index (χ0) is 20.1. The smallest absolute Gasteiger partial charge is 0.317 e. The second kappa shape index (κ2) is 6.59. The van der Waals surface area contributed by atoms with E-state index in [0.717, 1.165) is 11.1 Å². The number of aryl methyl sites for hydroxylation is 2. The lowest BCUT2D eigenvalue weighted by atomic mass is 9.72. The summed E-state index contributed by atoms with van der Waals surface area (Å²) in [7, 11) is 1.46. The molecule has 1 aliphatic rings. The zero-order valence-electron chi connectivity index (χ0n) is 16.8. The van der Waals surface area contributed by atoms with Crippen LogP contribution in [-0.4, -0.2) is 13.1 Å². The van der Waals surface area contributed by atoms with Gasteiger partial charge in [0.05, 0.1) is 7.11 Å². The highest BCUT2D eigenvalue weighted by Gasteiger charge is 2.37. The molecule has 2 nitrogen and oxygen atoms in total. The van der Waals surface area contributed by atoms with E-state index in [4.69, 9.17) is 4.74 Å². The monoisotopic (exact) mass is 378 g/mol. The molecule has 0 radical (unpaired) electrons. The minimum atomic E-state index is -0.282. The molecule has 4 aromatic carbocycles. The number of benzene rings is 4. The van der Waals surface area contributed by atoms with Crippen molar-refractivity contribution in [1.82, 2.24) is 0 Å². The first-order valence-corrected chi connectivity index (χ1v) is 9.90. The Kier molecular flexibility index (Phi) is 4.02. The van der Waals surface area contributed by atoms with Crippen molar-refractivity contribution in [3.63, 3.8) is 0 Å². The topological polar surface area (TPSA) is 26.3 Å². The number of hydrogen-bond acceptors (Lipinski definition) is 2. The molecule has 0 saturated heterocycles. The number of methoxy groups -OCH3 is 1. The lowest BCUT2D eigenvalue weighted by molar-refractivity contribution is -0.141. The van der Waals surface area contributed by atoms with Crippen molar-refractivity contribution < 1.29 is 9.53 Å². The van der Waals surface area contributed by atoms with E-state index >= 15 is 0 Å². The van der Waals surface area contributed by atoms with E-state index in [1.807, 2.05) is 0 Å². The van der Waals surface area contributed by atoms with Gasteiger partial charge in [-0.15, -0.1) is 0 Å². The summed E-state index contributed by atoms with van der Waals surface area (Å²) >= 11 is 0. The first kappa shape index (κ1) is 17.7. The van der Waals surface area contributed by atoms with Crippen LogP contribution in [0.4, 0.5) is 0 Å². The molecule has 0 saturated carbocycles. The van der Waals surface area contributed by atoms with Crippen molar-refractivity contribution in [3.8, 4) is 22.3 Å². The van der Waals surface area contributed by atoms with Crippen molar-refractivity contribution in [1.29, 1.82) is 0 Å². The quantitative estimate of drug-likeness (QED) is 0.385. The van der Waals surface area contributed by atoms with E-state index in [-0.39, 0.29) is 11.9 Å². The fraction of sp³-hybridized carbons (Fsp3) is 0.148. The molecule has 0 bridgehead atoms. The Morgan fingerprint density at radius 1 is 0.724 bits per heavy atom. The van der Waals surface area contributed by atoms with Crippen LogP contribution in [0, 0.1) is 13.8 Å². The molecule has 0 spiro atoms. The maximum absolute atomic E-state index is 12.4. The first-order chi connectivity index (χ1) is 14.1. The number of carbonyl (C=O) groups is 1. The van der Waals surface area contributed by atoms with Crippen LogP contribution < -0.4 is 0 Å². The Bertz CT molecular complexity index is 1190. The third-order valence-corrected chi connectivity index (χ3v) is 5.94. The van der Waals surface area contributed by atoms with Crippen molar-refractivity contribution in [2.75, 3.05) is 7.11 Å². The molecule has 1 aliphatic carbocycles. The Labute approximate surface area is 170 Å². The molecule has 0 atom stereocenters. The first-order valence-electron chi connectivity index (χ1n) is 9.90. The second-order valence-electron chi connectivity index (χ2n) is 7.85. The van der Waals surface area contributed by atoms with Crippen molar-refractivity contribution in [2.24, 2.45) is 0 Å². The molecule has 0 fully saturated rings. The van der Waals surface area contributed by atoms with E-state index in [1.54, 1.807) is 0 Å². The van der Waals surface area contributed by atoms with Crippen LogP contribution in [0.3, 0.4) is 0 Å². The highest BCUT2D eigenvalue weighted by Crippen LogP contribution is 2.50. The maximum Gasteiger partial charge on any atom is 0.317 e. The fourth-order valence-corrected chi connectivity index (χ4v) is 4.60. The summed E-state index contributed by atoms with van der Waals surface area (Å²) < 4.78 is 5.06. The van der Waals surface area contributed by atoms with Crippen LogP contribution in [0.15, 0.2) is 72.8 Å². The van der Waals surface area contributed by atoms with Gasteiger partial charge in [0.2, 0.25) is 0 Å². The fourth-order valence-electron chi connectivity index (χ4n) is 4.60. The molecule has 0 unspecified atom stereocenters. The summed E-state index contributed by atoms with van der Waals surface area (Å²) in [6.45, 7) is 4.23. The molecular weight excluding hydrogens is 356 g/mol. The SMILES string of the molecule is COC(=O)C1c2ccc(-c3cccc(C)c3)c3c(-c4cccc(C)c4)ccc1c23. The zero-order valence-corrected chi connectivity index (χ0v) is 16.8. The summed E-state index contributed by atoms with van der Waals surface area (Å²) in [5.41, 5.74) is 9.40. The predicted molar refractivity (Wildman–Crippen MR) is 118 cm³/mol.